The van der Waals surface area contributed by atoms with Crippen molar-refractivity contribution in [1.29, 1.82) is 0 Å². The Hall–Kier alpha value is -2.33. The number of benzene rings is 2. The zero-order chi connectivity index (χ0) is 26.9. The van der Waals surface area contributed by atoms with Crippen molar-refractivity contribution in [2.24, 2.45) is 0 Å². The molecule has 0 atom stereocenters. The van der Waals surface area contributed by atoms with E-state index in [2.05, 4.69) is 10.6 Å². The lowest BCUT2D eigenvalue weighted by atomic mass is 10.3. The number of hydrogen-bond donors (Lipinski definition) is 4. The Balaban J connectivity index is 0.00000145. The molecule has 1 amide bonds. The van der Waals surface area contributed by atoms with Gasteiger partial charge in [-0.2, -0.15) is 4.31 Å². The van der Waals surface area contributed by atoms with Gasteiger partial charge in [-0.25, -0.2) is 21.6 Å². The number of morpholine rings is 1. The zero-order valence-electron chi connectivity index (χ0n) is 19.5. The maximum absolute atomic E-state index is 12.9. The van der Waals surface area contributed by atoms with Crippen LogP contribution in [-0.4, -0.2) is 70.2 Å². The molecule has 1 aliphatic rings. The molecule has 1 aliphatic heterocycles. The Morgan fingerprint density at radius 3 is 2.17 bits per heavy atom. The Morgan fingerprint density at radius 2 is 1.61 bits per heavy atom. The van der Waals surface area contributed by atoms with E-state index >= 15 is 0 Å². The first-order valence-electron chi connectivity index (χ1n) is 10.6. The molecule has 4 N–H and O–H groups in total. The Labute approximate surface area is 220 Å². The molecule has 198 valence electrons. The summed E-state index contributed by atoms with van der Waals surface area (Å²) in [7, 11) is -7.67. The van der Waals surface area contributed by atoms with Gasteiger partial charge >= 0.3 is 0 Å². The lowest BCUT2D eigenvalue weighted by Gasteiger charge is -2.26. The number of hydrogen-bond acceptors (Lipinski definition) is 8. The van der Waals surface area contributed by atoms with Crippen LogP contribution in [0.4, 0.5) is 11.4 Å². The van der Waals surface area contributed by atoms with Gasteiger partial charge in [0, 0.05) is 32.3 Å². The molecule has 36 heavy (non-hydrogen) atoms. The van der Waals surface area contributed by atoms with Crippen LogP contribution >= 0.6 is 23.8 Å². The SMILES string of the molecule is CC(=O)NS(=O)(=O)c1ccc(NC(=S)Nc2cc(S(=O)(=O)N3CCOCC3)ccc2Cl)cc1.CCO. The van der Waals surface area contributed by atoms with Crippen molar-refractivity contribution >= 4 is 66.3 Å². The van der Waals surface area contributed by atoms with Gasteiger partial charge in [0.05, 0.1) is 33.7 Å². The van der Waals surface area contributed by atoms with Gasteiger partial charge in [0.2, 0.25) is 15.9 Å². The average molecular weight is 579 g/mol. The van der Waals surface area contributed by atoms with Gasteiger partial charge in [-0.1, -0.05) is 11.6 Å². The first-order valence-corrected chi connectivity index (χ1v) is 14.3. The fourth-order valence-corrected chi connectivity index (χ4v) is 5.76. The van der Waals surface area contributed by atoms with E-state index in [-0.39, 0.29) is 45.3 Å². The van der Waals surface area contributed by atoms with Crippen LogP contribution in [0.15, 0.2) is 52.3 Å². The van der Waals surface area contributed by atoms with Crippen LogP contribution in [0.1, 0.15) is 13.8 Å². The first-order chi connectivity index (χ1) is 16.9. The summed E-state index contributed by atoms with van der Waals surface area (Å²) < 4.78 is 58.2. The number of aliphatic hydroxyl groups is 1. The topological polar surface area (TPSA) is 154 Å². The number of halogens is 1. The summed E-state index contributed by atoms with van der Waals surface area (Å²) in [6, 6.07) is 9.80. The zero-order valence-corrected chi connectivity index (χ0v) is 22.7. The molecule has 0 saturated carbocycles. The summed E-state index contributed by atoms with van der Waals surface area (Å²) in [6.07, 6.45) is 0. The highest BCUT2D eigenvalue weighted by atomic mass is 35.5. The third kappa shape index (κ3) is 8.37. The largest absolute Gasteiger partial charge is 0.397 e. The van der Waals surface area contributed by atoms with Crippen LogP contribution < -0.4 is 15.4 Å². The second kappa shape index (κ2) is 13.3. The predicted octanol–water partition coefficient (Wildman–Crippen LogP) is 1.99. The molecule has 3 rings (SSSR count). The van der Waals surface area contributed by atoms with Crippen LogP contribution in [0.25, 0.3) is 0 Å². The average Bonchev–Trinajstić information content (AvgIpc) is 2.81. The maximum Gasteiger partial charge on any atom is 0.264 e. The van der Waals surface area contributed by atoms with E-state index < -0.39 is 26.0 Å². The van der Waals surface area contributed by atoms with E-state index in [1.165, 1.54) is 46.8 Å². The number of aliphatic hydroxyl groups excluding tert-OH is 1. The second-order valence-electron chi connectivity index (χ2n) is 7.24. The number of carbonyl (C=O) groups excluding carboxylic acids is 1. The number of thiocarbonyl (C=S) groups is 1. The van der Waals surface area contributed by atoms with Crippen LogP contribution in [0, 0.1) is 0 Å². The number of nitrogens with zero attached hydrogens (tertiary/aromatic N) is 1. The van der Waals surface area contributed by atoms with Gasteiger partial charge in [-0.05, 0) is 61.6 Å². The van der Waals surface area contributed by atoms with E-state index in [0.29, 0.717) is 18.9 Å². The second-order valence-corrected chi connectivity index (χ2v) is 11.7. The summed E-state index contributed by atoms with van der Waals surface area (Å²) in [5.74, 6) is -0.697. The van der Waals surface area contributed by atoms with Crippen molar-refractivity contribution in [1.82, 2.24) is 9.03 Å². The predicted molar refractivity (Wildman–Crippen MR) is 141 cm³/mol. The molecular weight excluding hydrogens is 552 g/mol. The third-order valence-electron chi connectivity index (χ3n) is 4.49. The molecule has 1 saturated heterocycles. The van der Waals surface area contributed by atoms with Gasteiger partial charge in [-0.3, -0.25) is 4.79 Å². The lowest BCUT2D eigenvalue weighted by Crippen LogP contribution is -2.40. The lowest BCUT2D eigenvalue weighted by molar-refractivity contribution is -0.117. The molecule has 15 heteroatoms. The molecule has 0 bridgehead atoms. The number of ether oxygens (including phenoxy) is 1. The Morgan fingerprint density at radius 1 is 1.06 bits per heavy atom. The highest BCUT2D eigenvalue weighted by Crippen LogP contribution is 2.27. The smallest absolute Gasteiger partial charge is 0.264 e. The number of carbonyl (C=O) groups is 1. The van der Waals surface area contributed by atoms with Gasteiger partial charge in [-0.15, -0.1) is 0 Å². The molecule has 0 aromatic heterocycles. The monoisotopic (exact) mass is 578 g/mol. The molecule has 2 aromatic carbocycles. The van der Waals surface area contributed by atoms with E-state index in [4.69, 9.17) is 33.7 Å². The van der Waals surface area contributed by atoms with E-state index in [0.717, 1.165) is 6.92 Å². The Kier molecular flexibility index (Phi) is 11.0. The normalized spacial score (nSPS) is 14.2. The van der Waals surface area contributed by atoms with E-state index in [1.54, 1.807) is 6.92 Å². The molecule has 11 nitrogen and oxygen atoms in total. The van der Waals surface area contributed by atoms with Crippen molar-refractivity contribution in [3.63, 3.8) is 0 Å². The molecule has 1 heterocycles. The van der Waals surface area contributed by atoms with Crippen LogP contribution in [0.5, 0.6) is 0 Å². The minimum Gasteiger partial charge on any atom is -0.397 e. The minimum absolute atomic E-state index is 0.0617. The summed E-state index contributed by atoms with van der Waals surface area (Å²) in [6.45, 7) is 4.22. The maximum atomic E-state index is 12.9. The minimum atomic E-state index is -3.95. The summed E-state index contributed by atoms with van der Waals surface area (Å²) in [4.78, 5) is 11.0. The standard InChI is InChI=1S/C19H21ClN4O6S3.C2H6O/c1-13(25)23-32(26,27)15-4-2-14(3-5-15)21-19(31)22-18-12-16(6-7-17(18)20)33(28,29)24-8-10-30-11-9-24;1-2-3/h2-7,12H,8-11H2,1H3,(H,23,25)(H2,21,22,31);3H,2H2,1H3. The van der Waals surface area contributed by atoms with Gasteiger partial charge in [0.1, 0.15) is 0 Å². The molecule has 0 aliphatic carbocycles. The van der Waals surface area contributed by atoms with Crippen LogP contribution in [0.2, 0.25) is 5.02 Å². The molecule has 0 spiro atoms. The van der Waals surface area contributed by atoms with E-state index in [9.17, 15) is 21.6 Å². The van der Waals surface area contributed by atoms with Crippen molar-refractivity contribution in [3.05, 3.63) is 47.5 Å². The van der Waals surface area contributed by atoms with E-state index in [1.807, 2.05) is 4.72 Å². The summed E-state index contributed by atoms with van der Waals surface area (Å²) in [5.41, 5.74) is 0.746. The first kappa shape index (κ1) is 29.9. The van der Waals surface area contributed by atoms with Crippen LogP contribution in [0.3, 0.4) is 0 Å². The number of rotatable bonds is 6. The van der Waals surface area contributed by atoms with Crippen LogP contribution in [-0.2, 0) is 29.6 Å². The van der Waals surface area contributed by atoms with Crippen molar-refractivity contribution in [3.8, 4) is 0 Å². The van der Waals surface area contributed by atoms with Gasteiger partial charge < -0.3 is 20.5 Å². The van der Waals surface area contributed by atoms with Crippen molar-refractivity contribution in [2.45, 2.75) is 23.6 Å². The number of amides is 1. The highest BCUT2D eigenvalue weighted by molar-refractivity contribution is 7.90. The van der Waals surface area contributed by atoms with Gasteiger partial charge in [0.25, 0.3) is 10.0 Å². The fourth-order valence-electron chi connectivity index (χ4n) is 2.95. The number of sulfonamides is 2. The van der Waals surface area contributed by atoms with Crippen molar-refractivity contribution in [2.75, 3.05) is 43.5 Å². The molecule has 1 fully saturated rings. The third-order valence-corrected chi connectivity index (χ3v) is 8.37. The summed E-state index contributed by atoms with van der Waals surface area (Å²) >= 11 is 11.5. The van der Waals surface area contributed by atoms with Gasteiger partial charge in [0.15, 0.2) is 5.11 Å². The molecular formula is C21H27ClN4O7S3. The summed E-state index contributed by atoms with van der Waals surface area (Å²) in [5, 5.41) is 13.6. The highest BCUT2D eigenvalue weighted by Gasteiger charge is 2.27. The fraction of sp³-hybridized carbons (Fsp3) is 0.333. The molecule has 2 aromatic rings. The number of anilines is 2. The number of nitrogens with one attached hydrogen (secondary N) is 3. The quantitative estimate of drug-likeness (QED) is 0.374. The Bertz CT molecular complexity index is 1280. The van der Waals surface area contributed by atoms with Crippen molar-refractivity contribution < 1.29 is 31.5 Å². The molecule has 0 radical (unpaired) electrons. The molecule has 0 unspecified atom stereocenters.